The average molecular weight is 240 g/mol. The second-order valence-electron chi connectivity index (χ2n) is 3.97. The fraction of sp³-hybridized carbons (Fsp3) is 0.500. The summed E-state index contributed by atoms with van der Waals surface area (Å²) >= 11 is 0. The van der Waals surface area contributed by atoms with Gasteiger partial charge in [-0.15, -0.1) is 0 Å². The molecular formula is C10H14N3O4. The summed E-state index contributed by atoms with van der Waals surface area (Å²) in [5.41, 5.74) is 5.59. The van der Waals surface area contributed by atoms with E-state index >= 15 is 0 Å². The van der Waals surface area contributed by atoms with Gasteiger partial charge in [-0.3, -0.25) is 4.57 Å². The van der Waals surface area contributed by atoms with Gasteiger partial charge in [0.25, 0.3) is 0 Å². The van der Waals surface area contributed by atoms with Crippen molar-refractivity contribution in [1.29, 1.82) is 0 Å². The van der Waals surface area contributed by atoms with E-state index in [0.717, 1.165) is 0 Å². The minimum atomic E-state index is -0.820. The highest BCUT2D eigenvalue weighted by atomic mass is 16.5. The zero-order chi connectivity index (χ0) is 12.6. The smallest absolute Gasteiger partial charge is 0.352 e. The van der Waals surface area contributed by atoms with E-state index in [1.807, 2.05) is 0 Å². The Bertz CT molecular complexity index is 473. The van der Waals surface area contributed by atoms with Crippen LogP contribution < -0.4 is 11.4 Å². The SMILES string of the molecule is Cc1cn([C]2C[C@H](O)[C@@H](CO)O2)c(=O)nc1N. The number of aliphatic hydroxyl groups excluding tert-OH is 2. The molecule has 0 bridgehead atoms. The number of rotatable bonds is 2. The maximum atomic E-state index is 11.6. The third kappa shape index (κ3) is 2.17. The first-order valence-corrected chi connectivity index (χ1v) is 5.20. The lowest BCUT2D eigenvalue weighted by Gasteiger charge is -2.13. The second kappa shape index (κ2) is 4.44. The van der Waals surface area contributed by atoms with Gasteiger partial charge >= 0.3 is 5.69 Å². The van der Waals surface area contributed by atoms with Gasteiger partial charge in [0.2, 0.25) is 6.23 Å². The highest BCUT2D eigenvalue weighted by molar-refractivity contribution is 5.35. The van der Waals surface area contributed by atoms with Crippen LogP contribution in [-0.4, -0.2) is 38.6 Å². The molecule has 1 fully saturated rings. The number of aliphatic hydroxyl groups is 2. The van der Waals surface area contributed by atoms with Crippen LogP contribution in [0.1, 0.15) is 12.0 Å². The van der Waals surface area contributed by atoms with Crippen LogP contribution in [0.15, 0.2) is 11.0 Å². The highest BCUT2D eigenvalue weighted by Crippen LogP contribution is 2.26. The van der Waals surface area contributed by atoms with E-state index in [1.54, 1.807) is 6.92 Å². The van der Waals surface area contributed by atoms with Gasteiger partial charge in [-0.05, 0) is 6.92 Å². The van der Waals surface area contributed by atoms with Gasteiger partial charge in [0.1, 0.15) is 11.9 Å². The van der Waals surface area contributed by atoms with Crippen molar-refractivity contribution in [3.63, 3.8) is 0 Å². The van der Waals surface area contributed by atoms with Crippen LogP contribution in [0.2, 0.25) is 0 Å². The highest BCUT2D eigenvalue weighted by Gasteiger charge is 2.36. The monoisotopic (exact) mass is 240 g/mol. The van der Waals surface area contributed by atoms with Crippen molar-refractivity contribution >= 4 is 5.82 Å². The summed E-state index contributed by atoms with van der Waals surface area (Å²) in [6.07, 6.45) is 0.425. The lowest BCUT2D eigenvalue weighted by Crippen LogP contribution is -2.29. The van der Waals surface area contributed by atoms with E-state index in [-0.39, 0.29) is 25.1 Å². The molecule has 1 saturated heterocycles. The summed E-state index contributed by atoms with van der Waals surface area (Å²) in [6, 6.07) is 0. The van der Waals surface area contributed by atoms with E-state index in [9.17, 15) is 9.90 Å². The summed E-state index contributed by atoms with van der Waals surface area (Å²) in [4.78, 5) is 15.2. The Morgan fingerprint density at radius 1 is 1.71 bits per heavy atom. The maximum absolute atomic E-state index is 11.6. The summed E-state index contributed by atoms with van der Waals surface area (Å²) in [5.74, 6) is 0.170. The second-order valence-corrected chi connectivity index (χ2v) is 3.97. The van der Waals surface area contributed by atoms with E-state index in [0.29, 0.717) is 5.56 Å². The summed E-state index contributed by atoms with van der Waals surface area (Å²) in [5, 5.41) is 18.5. The van der Waals surface area contributed by atoms with Crippen LogP contribution in [0.3, 0.4) is 0 Å². The first kappa shape index (κ1) is 12.0. The molecule has 7 nitrogen and oxygen atoms in total. The molecule has 1 aliphatic heterocycles. The van der Waals surface area contributed by atoms with Crippen molar-refractivity contribution in [2.24, 2.45) is 0 Å². The number of aromatic nitrogens is 2. The largest absolute Gasteiger partial charge is 0.394 e. The summed E-state index contributed by atoms with van der Waals surface area (Å²) in [7, 11) is 0. The van der Waals surface area contributed by atoms with E-state index in [1.165, 1.54) is 10.8 Å². The van der Waals surface area contributed by atoms with E-state index < -0.39 is 17.9 Å². The van der Waals surface area contributed by atoms with Crippen LogP contribution in [0, 0.1) is 13.2 Å². The molecule has 0 saturated carbocycles. The van der Waals surface area contributed by atoms with Crippen molar-refractivity contribution in [3.05, 3.63) is 28.5 Å². The minimum absolute atomic E-state index is 0.163. The molecule has 4 N–H and O–H groups in total. The Morgan fingerprint density at radius 2 is 2.41 bits per heavy atom. The van der Waals surface area contributed by atoms with Gasteiger partial charge < -0.3 is 20.7 Å². The number of ether oxygens (including phenoxy) is 1. The van der Waals surface area contributed by atoms with Crippen LogP contribution in [0.5, 0.6) is 0 Å². The zero-order valence-corrected chi connectivity index (χ0v) is 9.33. The Hall–Kier alpha value is -1.44. The Kier molecular flexibility index (Phi) is 3.14. The molecule has 0 amide bonds. The first-order valence-electron chi connectivity index (χ1n) is 5.20. The van der Waals surface area contributed by atoms with E-state index in [2.05, 4.69) is 4.98 Å². The number of anilines is 1. The number of hydrogen-bond donors (Lipinski definition) is 3. The summed E-state index contributed by atoms with van der Waals surface area (Å²) < 4.78 is 6.48. The van der Waals surface area contributed by atoms with Gasteiger partial charge in [0, 0.05) is 18.2 Å². The fourth-order valence-electron chi connectivity index (χ4n) is 1.66. The van der Waals surface area contributed by atoms with Crippen LogP contribution in [0.4, 0.5) is 5.82 Å². The first-order chi connectivity index (χ1) is 8.02. The van der Waals surface area contributed by atoms with E-state index in [4.69, 9.17) is 15.6 Å². The van der Waals surface area contributed by atoms with Crippen LogP contribution in [-0.2, 0) is 4.74 Å². The Balaban J connectivity index is 2.30. The van der Waals surface area contributed by atoms with Gasteiger partial charge in [0.05, 0.1) is 12.7 Å². The number of hydrogen-bond acceptors (Lipinski definition) is 6. The predicted molar refractivity (Wildman–Crippen MR) is 58.9 cm³/mol. The molecule has 2 atom stereocenters. The van der Waals surface area contributed by atoms with Gasteiger partial charge in [-0.1, -0.05) is 0 Å². The fourth-order valence-corrected chi connectivity index (χ4v) is 1.66. The summed E-state index contributed by atoms with van der Waals surface area (Å²) in [6.45, 7) is 1.41. The molecule has 2 heterocycles. The third-order valence-corrected chi connectivity index (χ3v) is 2.70. The molecular weight excluding hydrogens is 226 g/mol. The molecule has 0 spiro atoms. The van der Waals surface area contributed by atoms with Crippen molar-refractivity contribution in [1.82, 2.24) is 9.55 Å². The van der Waals surface area contributed by atoms with Crippen molar-refractivity contribution in [3.8, 4) is 0 Å². The maximum Gasteiger partial charge on any atom is 0.352 e. The molecule has 93 valence electrons. The third-order valence-electron chi connectivity index (χ3n) is 2.70. The van der Waals surface area contributed by atoms with Crippen molar-refractivity contribution < 1.29 is 14.9 Å². The molecule has 2 rings (SSSR count). The van der Waals surface area contributed by atoms with Crippen LogP contribution >= 0.6 is 0 Å². The quantitative estimate of drug-likeness (QED) is 0.587. The van der Waals surface area contributed by atoms with Gasteiger partial charge in [0.15, 0.2) is 0 Å². The molecule has 1 aromatic rings. The molecule has 17 heavy (non-hydrogen) atoms. The molecule has 1 radical (unpaired) electrons. The molecule has 0 aromatic carbocycles. The van der Waals surface area contributed by atoms with Crippen molar-refractivity contribution in [2.75, 3.05) is 12.3 Å². The molecule has 0 unspecified atom stereocenters. The number of nitrogens with two attached hydrogens (primary N) is 1. The lowest BCUT2D eigenvalue weighted by molar-refractivity contribution is 0.000740. The number of nitrogen functional groups attached to an aromatic ring is 1. The molecule has 1 aliphatic rings. The van der Waals surface area contributed by atoms with Gasteiger partial charge in [-0.25, -0.2) is 4.79 Å². The molecule has 7 heteroatoms. The minimum Gasteiger partial charge on any atom is -0.394 e. The number of aryl methyl sites for hydroxylation is 1. The molecule has 0 aliphatic carbocycles. The Morgan fingerprint density at radius 3 is 3.00 bits per heavy atom. The van der Waals surface area contributed by atoms with Gasteiger partial charge in [-0.2, -0.15) is 4.98 Å². The predicted octanol–water partition coefficient (Wildman–Crippen LogP) is -1.39. The Labute approximate surface area is 97.5 Å². The van der Waals surface area contributed by atoms with Crippen molar-refractivity contribution in [2.45, 2.75) is 25.6 Å². The average Bonchev–Trinajstić information content (AvgIpc) is 2.65. The van der Waals surface area contributed by atoms with Crippen LogP contribution in [0.25, 0.3) is 0 Å². The normalized spacial score (nSPS) is 25.4. The topological polar surface area (TPSA) is 111 Å². The molecule has 1 aromatic heterocycles. The zero-order valence-electron chi connectivity index (χ0n) is 9.33. The number of nitrogens with zero attached hydrogens (tertiary/aromatic N) is 2. The lowest BCUT2D eigenvalue weighted by atomic mass is 10.2. The standard InChI is InChI=1S/C10H14N3O4/c1-5-3-13(10(16)12-9(5)11)8-2-6(15)7(4-14)17-8/h3,6-7,14-15H,2,4H2,1H3,(H2,11,12,16)/t6-,7+/m0/s1.